The molecule has 4 aromatic rings. The molecule has 1 atom stereocenters. The quantitative estimate of drug-likeness (QED) is 0.359. The largest absolute Gasteiger partial charge is 0.587 e. The Morgan fingerprint density at radius 3 is 2.61 bits per heavy atom. The van der Waals surface area contributed by atoms with Crippen LogP contribution in [0.3, 0.4) is 0 Å². The van der Waals surface area contributed by atoms with Crippen LogP contribution < -0.4 is 4.72 Å². The molecule has 1 aromatic carbocycles. The number of carbonyl (C=O) groups excluding carboxylic acids is 1. The Bertz CT molecular complexity index is 1250. The summed E-state index contributed by atoms with van der Waals surface area (Å²) in [6.45, 7) is 0. The van der Waals surface area contributed by atoms with Crippen molar-refractivity contribution < 1.29 is 9.35 Å². The highest BCUT2D eigenvalue weighted by Gasteiger charge is 2.20. The Morgan fingerprint density at radius 2 is 1.90 bits per heavy atom. The number of aromatic nitrogens is 3. The second-order valence-corrected chi connectivity index (χ2v) is 8.13. The number of nitrogens with zero attached hydrogens (tertiary/aromatic N) is 4. The van der Waals surface area contributed by atoms with E-state index < -0.39 is 11.4 Å². The van der Waals surface area contributed by atoms with Crippen molar-refractivity contribution in [1.82, 2.24) is 19.3 Å². The molecule has 0 fully saturated rings. The van der Waals surface area contributed by atoms with Crippen LogP contribution in [0, 0.1) is 5.41 Å². The van der Waals surface area contributed by atoms with E-state index in [9.17, 15) is 9.35 Å². The molecule has 1 unspecified atom stereocenters. The van der Waals surface area contributed by atoms with Crippen molar-refractivity contribution in [1.29, 1.82) is 5.41 Å². The van der Waals surface area contributed by atoms with Gasteiger partial charge in [-0.3, -0.25) is 14.2 Å². The molecule has 9 heteroatoms. The van der Waals surface area contributed by atoms with Crippen LogP contribution in [-0.4, -0.2) is 50.0 Å². The summed E-state index contributed by atoms with van der Waals surface area (Å²) in [7, 11) is 3.41. The summed E-state index contributed by atoms with van der Waals surface area (Å²) >= 11 is -1.61. The Hall–Kier alpha value is -3.69. The van der Waals surface area contributed by atoms with Crippen LogP contribution in [-0.2, 0) is 11.4 Å². The molecule has 0 saturated carbocycles. The smallest absolute Gasteiger partial charge is 0.276 e. The summed E-state index contributed by atoms with van der Waals surface area (Å²) < 4.78 is 17.7. The second-order valence-electron chi connectivity index (χ2n) is 6.97. The minimum atomic E-state index is -1.61. The summed E-state index contributed by atoms with van der Waals surface area (Å²) in [5.41, 5.74) is 3.73. The summed E-state index contributed by atoms with van der Waals surface area (Å²) in [6, 6.07) is 14.5. The number of hydrogen-bond acceptors (Lipinski definition) is 6. The van der Waals surface area contributed by atoms with E-state index >= 15 is 0 Å². The van der Waals surface area contributed by atoms with Gasteiger partial charge in [-0.25, -0.2) is 4.98 Å². The number of imidazole rings is 1. The van der Waals surface area contributed by atoms with E-state index in [2.05, 4.69) is 14.7 Å². The van der Waals surface area contributed by atoms with Gasteiger partial charge < -0.3 is 14.9 Å². The maximum atomic E-state index is 13.0. The lowest BCUT2D eigenvalue weighted by atomic mass is 10.0. The molecule has 0 aliphatic rings. The Morgan fingerprint density at radius 1 is 1.13 bits per heavy atom. The average molecular weight is 433 g/mol. The molecular formula is C22H20N6O2S. The summed E-state index contributed by atoms with van der Waals surface area (Å²) in [5.74, 6) is -0.0744. The summed E-state index contributed by atoms with van der Waals surface area (Å²) in [5, 5.41) is 8.13. The zero-order valence-corrected chi connectivity index (χ0v) is 17.8. The molecule has 31 heavy (non-hydrogen) atoms. The molecule has 0 aliphatic heterocycles. The number of pyridine rings is 2. The van der Waals surface area contributed by atoms with Gasteiger partial charge in [0.25, 0.3) is 10.9 Å². The zero-order valence-electron chi connectivity index (χ0n) is 16.9. The maximum Gasteiger partial charge on any atom is 0.276 e. The SMILES string of the molecule is CN(C)C(=O)c1ccc(-c2cnc(C=N)c(N[S+]([O-])c3cnc4ccccn34)c2)cc1. The van der Waals surface area contributed by atoms with E-state index in [1.54, 1.807) is 55.3 Å². The molecule has 3 heterocycles. The molecule has 0 saturated heterocycles. The van der Waals surface area contributed by atoms with E-state index in [0.717, 1.165) is 17.3 Å². The Balaban J connectivity index is 1.63. The zero-order chi connectivity index (χ0) is 22.0. The van der Waals surface area contributed by atoms with Crippen molar-refractivity contribution in [2.75, 3.05) is 18.8 Å². The summed E-state index contributed by atoms with van der Waals surface area (Å²) in [6.07, 6.45) is 6.10. The molecule has 3 aromatic heterocycles. The van der Waals surface area contributed by atoms with Crippen LogP contribution in [0.15, 0.2) is 72.1 Å². The monoisotopic (exact) mass is 432 g/mol. The third kappa shape index (κ3) is 4.14. The molecule has 0 spiro atoms. The molecule has 8 nitrogen and oxygen atoms in total. The average Bonchev–Trinajstić information content (AvgIpc) is 3.23. The van der Waals surface area contributed by atoms with Gasteiger partial charge in [-0.2, -0.15) is 4.72 Å². The first kappa shape index (κ1) is 20.6. The van der Waals surface area contributed by atoms with Crippen molar-refractivity contribution in [3.63, 3.8) is 0 Å². The van der Waals surface area contributed by atoms with Gasteiger partial charge in [-0.15, -0.1) is 0 Å². The van der Waals surface area contributed by atoms with Crippen LogP contribution in [0.1, 0.15) is 16.1 Å². The molecule has 1 amide bonds. The van der Waals surface area contributed by atoms with Crippen LogP contribution in [0.25, 0.3) is 16.8 Å². The van der Waals surface area contributed by atoms with Crippen molar-refractivity contribution >= 4 is 34.8 Å². The van der Waals surface area contributed by atoms with Crippen LogP contribution in [0.5, 0.6) is 0 Å². The molecule has 0 aliphatic carbocycles. The number of carbonyl (C=O) groups is 1. The van der Waals surface area contributed by atoms with Crippen molar-refractivity contribution in [3.8, 4) is 11.1 Å². The van der Waals surface area contributed by atoms with Gasteiger partial charge in [0.15, 0.2) is 0 Å². The van der Waals surface area contributed by atoms with Gasteiger partial charge in [0.2, 0.25) is 0 Å². The van der Waals surface area contributed by atoms with Crippen LogP contribution in [0.4, 0.5) is 5.69 Å². The standard InChI is InChI=1S/C22H20N6O2S/c1-27(2)22(29)16-8-6-15(7-9-16)17-11-18(19(12-23)24-13-17)26-31(30)21-14-25-20-5-3-4-10-28(20)21/h3-14,23,26H,1-2H3. The first-order valence-corrected chi connectivity index (χ1v) is 10.6. The third-order valence-corrected chi connectivity index (χ3v) is 5.79. The normalized spacial score (nSPS) is 11.8. The molecular weight excluding hydrogens is 412 g/mol. The van der Waals surface area contributed by atoms with Crippen molar-refractivity contribution in [2.24, 2.45) is 0 Å². The fourth-order valence-electron chi connectivity index (χ4n) is 3.09. The van der Waals surface area contributed by atoms with E-state index in [1.807, 2.05) is 30.3 Å². The predicted octanol–water partition coefficient (Wildman–Crippen LogP) is 3.23. The number of amides is 1. The topological polar surface area (TPSA) is 109 Å². The molecule has 0 bridgehead atoms. The predicted molar refractivity (Wildman–Crippen MR) is 121 cm³/mol. The van der Waals surface area contributed by atoms with Gasteiger partial charge in [0, 0.05) is 43.8 Å². The molecule has 2 N–H and O–H groups in total. The van der Waals surface area contributed by atoms with Gasteiger partial charge in [-0.05, 0) is 35.9 Å². The lowest BCUT2D eigenvalue weighted by Crippen LogP contribution is -2.21. The van der Waals surface area contributed by atoms with Crippen LogP contribution in [0.2, 0.25) is 0 Å². The fourth-order valence-corrected chi connectivity index (χ4v) is 4.04. The second kappa shape index (κ2) is 8.58. The highest BCUT2D eigenvalue weighted by Crippen LogP contribution is 2.26. The van der Waals surface area contributed by atoms with Gasteiger partial charge in [0.1, 0.15) is 34.6 Å². The van der Waals surface area contributed by atoms with Crippen molar-refractivity contribution in [3.05, 3.63) is 78.4 Å². The highest BCUT2D eigenvalue weighted by molar-refractivity contribution is 7.92. The van der Waals surface area contributed by atoms with E-state index in [-0.39, 0.29) is 5.91 Å². The van der Waals surface area contributed by atoms with Crippen molar-refractivity contribution in [2.45, 2.75) is 5.03 Å². The first-order chi connectivity index (χ1) is 15.0. The van der Waals surface area contributed by atoms with E-state index in [0.29, 0.717) is 27.6 Å². The van der Waals surface area contributed by atoms with E-state index in [4.69, 9.17) is 5.41 Å². The number of anilines is 1. The third-order valence-electron chi connectivity index (χ3n) is 4.70. The molecule has 156 valence electrons. The fraction of sp³-hybridized carbons (Fsp3) is 0.0909. The lowest BCUT2D eigenvalue weighted by Gasteiger charge is -2.14. The number of nitrogens with one attached hydrogen (secondary N) is 2. The van der Waals surface area contributed by atoms with Crippen LogP contribution >= 0.6 is 0 Å². The molecule has 4 rings (SSSR count). The minimum absolute atomic E-state index is 0.0744. The highest BCUT2D eigenvalue weighted by atomic mass is 32.2. The van der Waals surface area contributed by atoms with Gasteiger partial charge >= 0.3 is 0 Å². The lowest BCUT2D eigenvalue weighted by molar-refractivity contribution is 0.0827. The first-order valence-electron chi connectivity index (χ1n) is 9.41. The number of rotatable bonds is 6. The van der Waals surface area contributed by atoms with E-state index in [1.165, 1.54) is 4.90 Å². The number of fused-ring (bicyclic) bond motifs is 1. The number of hydrogen-bond donors (Lipinski definition) is 2. The minimum Gasteiger partial charge on any atom is -0.587 e. The summed E-state index contributed by atoms with van der Waals surface area (Å²) in [4.78, 5) is 22.2. The maximum absolute atomic E-state index is 13.0. The number of benzene rings is 1. The Kier molecular flexibility index (Phi) is 5.70. The molecule has 0 radical (unpaired) electrons. The van der Waals surface area contributed by atoms with Gasteiger partial charge in [-0.1, -0.05) is 18.2 Å². The Labute approximate surface area is 182 Å². The van der Waals surface area contributed by atoms with Gasteiger partial charge in [0.05, 0.1) is 0 Å².